The number of halogens is 1. The normalized spacial score (nSPS) is 28.3. The zero-order chi connectivity index (χ0) is 13.4. The van der Waals surface area contributed by atoms with E-state index in [1.165, 1.54) is 37.9 Å². The maximum absolute atomic E-state index is 4.61. The Morgan fingerprint density at radius 3 is 2.95 bits per heavy atom. The molecule has 0 bridgehead atoms. The quantitative estimate of drug-likeness (QED) is 0.791. The van der Waals surface area contributed by atoms with E-state index in [-0.39, 0.29) is 0 Å². The van der Waals surface area contributed by atoms with Gasteiger partial charge in [0.05, 0.1) is 0 Å². The first kappa shape index (κ1) is 13.4. The Bertz CT molecular complexity index is 463. The number of nitrogens with zero attached hydrogens (tertiary/aromatic N) is 3. The van der Waals surface area contributed by atoms with Gasteiger partial charge in [-0.2, -0.15) is 0 Å². The molecule has 0 aliphatic carbocycles. The van der Waals surface area contributed by atoms with Crippen LogP contribution in [0.2, 0.25) is 0 Å². The molecule has 2 aliphatic heterocycles. The third-order valence-corrected chi connectivity index (χ3v) is 5.34. The summed E-state index contributed by atoms with van der Waals surface area (Å²) in [5.41, 5.74) is 1.27. The molecule has 0 N–H and O–H groups in total. The topological polar surface area (TPSA) is 19.4 Å². The third-order valence-electron chi connectivity index (χ3n) is 4.51. The lowest BCUT2D eigenvalue weighted by Crippen LogP contribution is -2.59. The predicted molar refractivity (Wildman–Crippen MR) is 82.7 cm³/mol. The summed E-state index contributed by atoms with van der Waals surface area (Å²) >= 11 is 3.53. The zero-order valence-electron chi connectivity index (χ0n) is 11.8. The molecule has 4 heteroatoms. The highest BCUT2D eigenvalue weighted by Crippen LogP contribution is 2.28. The highest BCUT2D eigenvalue weighted by molar-refractivity contribution is 9.10. The zero-order valence-corrected chi connectivity index (χ0v) is 13.4. The van der Waals surface area contributed by atoms with Crippen molar-refractivity contribution in [1.29, 1.82) is 0 Å². The molecule has 0 amide bonds. The van der Waals surface area contributed by atoms with Crippen LogP contribution >= 0.6 is 15.9 Å². The van der Waals surface area contributed by atoms with Crippen LogP contribution in [0.5, 0.6) is 0 Å². The number of hydrogen-bond acceptors (Lipinski definition) is 3. The molecule has 1 aromatic heterocycles. The number of hydrogen-bond donors (Lipinski definition) is 0. The molecular formula is C15H22BrN3. The number of aromatic nitrogens is 1. The monoisotopic (exact) mass is 323 g/mol. The maximum Gasteiger partial charge on any atom is 0.129 e. The highest BCUT2D eigenvalue weighted by Gasteiger charge is 2.33. The van der Waals surface area contributed by atoms with E-state index < -0.39 is 0 Å². The summed E-state index contributed by atoms with van der Waals surface area (Å²) in [5, 5.41) is 0. The molecular weight excluding hydrogens is 302 g/mol. The van der Waals surface area contributed by atoms with Gasteiger partial charge in [0.15, 0.2) is 0 Å². The standard InChI is InChI=1S/C15H22BrN3/c1-11-7-15(17-8-14(11)16)19-10-13-5-3-4-6-18(13)9-12(19)2/h7-8,12-13H,3-6,9-10H2,1-2H3. The van der Waals surface area contributed by atoms with Gasteiger partial charge in [-0.05, 0) is 60.8 Å². The van der Waals surface area contributed by atoms with E-state index in [9.17, 15) is 0 Å². The average molecular weight is 324 g/mol. The summed E-state index contributed by atoms with van der Waals surface area (Å²) in [4.78, 5) is 9.78. The fraction of sp³-hybridized carbons (Fsp3) is 0.667. The van der Waals surface area contributed by atoms with Gasteiger partial charge < -0.3 is 4.90 Å². The summed E-state index contributed by atoms with van der Waals surface area (Å²) < 4.78 is 1.10. The van der Waals surface area contributed by atoms with Gasteiger partial charge >= 0.3 is 0 Å². The minimum absolute atomic E-state index is 0.558. The molecule has 3 rings (SSSR count). The van der Waals surface area contributed by atoms with Crippen molar-refractivity contribution in [2.75, 3.05) is 24.5 Å². The third kappa shape index (κ3) is 2.65. The Hall–Kier alpha value is -0.610. The second-order valence-electron chi connectivity index (χ2n) is 5.94. The highest BCUT2D eigenvalue weighted by atomic mass is 79.9. The SMILES string of the molecule is Cc1cc(N2CC3CCCCN3CC2C)ncc1Br. The van der Waals surface area contributed by atoms with Gasteiger partial charge in [-0.3, -0.25) is 4.90 Å². The number of pyridine rings is 1. The summed E-state index contributed by atoms with van der Waals surface area (Å²) in [7, 11) is 0. The Labute approximate surface area is 124 Å². The van der Waals surface area contributed by atoms with Crippen LogP contribution in [0.25, 0.3) is 0 Å². The van der Waals surface area contributed by atoms with Crippen LogP contribution in [0.4, 0.5) is 5.82 Å². The van der Waals surface area contributed by atoms with E-state index in [1.54, 1.807) is 0 Å². The molecule has 2 saturated heterocycles. The second-order valence-corrected chi connectivity index (χ2v) is 6.79. The van der Waals surface area contributed by atoms with Gasteiger partial charge in [-0.15, -0.1) is 0 Å². The first-order chi connectivity index (χ1) is 9.15. The van der Waals surface area contributed by atoms with Crippen LogP contribution in [0.3, 0.4) is 0 Å². The van der Waals surface area contributed by atoms with Gasteiger partial charge in [-0.25, -0.2) is 4.98 Å². The fourth-order valence-electron chi connectivity index (χ4n) is 3.35. The number of anilines is 1. The Kier molecular flexibility index (Phi) is 3.81. The van der Waals surface area contributed by atoms with E-state index >= 15 is 0 Å². The number of piperidine rings is 1. The summed E-state index contributed by atoms with van der Waals surface area (Å²) in [5.74, 6) is 1.14. The molecule has 0 saturated carbocycles. The molecule has 3 nitrogen and oxygen atoms in total. The van der Waals surface area contributed by atoms with Crippen molar-refractivity contribution >= 4 is 21.7 Å². The maximum atomic E-state index is 4.61. The number of rotatable bonds is 1. The number of aryl methyl sites for hydroxylation is 1. The molecule has 0 spiro atoms. The van der Waals surface area contributed by atoms with Crippen LogP contribution in [-0.2, 0) is 0 Å². The van der Waals surface area contributed by atoms with Crippen LogP contribution < -0.4 is 4.90 Å². The van der Waals surface area contributed by atoms with Crippen molar-refractivity contribution in [3.05, 3.63) is 22.3 Å². The van der Waals surface area contributed by atoms with Crippen LogP contribution in [0, 0.1) is 6.92 Å². The van der Waals surface area contributed by atoms with Crippen LogP contribution in [0.15, 0.2) is 16.7 Å². The first-order valence-corrected chi connectivity index (χ1v) is 8.07. The molecule has 2 fully saturated rings. The van der Waals surface area contributed by atoms with E-state index in [0.29, 0.717) is 6.04 Å². The molecule has 2 unspecified atom stereocenters. The smallest absolute Gasteiger partial charge is 0.129 e. The Balaban J connectivity index is 1.81. The molecule has 3 heterocycles. The van der Waals surface area contributed by atoms with Gasteiger partial charge in [0.25, 0.3) is 0 Å². The van der Waals surface area contributed by atoms with Gasteiger partial charge in [-0.1, -0.05) is 6.42 Å². The largest absolute Gasteiger partial charge is 0.351 e. The van der Waals surface area contributed by atoms with Crippen molar-refractivity contribution in [2.45, 2.75) is 45.2 Å². The van der Waals surface area contributed by atoms with Gasteiger partial charge in [0, 0.05) is 35.8 Å². The minimum Gasteiger partial charge on any atom is -0.351 e. The Morgan fingerprint density at radius 1 is 1.32 bits per heavy atom. The minimum atomic E-state index is 0.558. The van der Waals surface area contributed by atoms with E-state index in [4.69, 9.17) is 0 Å². The van der Waals surface area contributed by atoms with Crippen molar-refractivity contribution in [3.8, 4) is 0 Å². The van der Waals surface area contributed by atoms with Crippen LogP contribution in [0.1, 0.15) is 31.7 Å². The molecule has 1 aromatic rings. The van der Waals surface area contributed by atoms with Crippen molar-refractivity contribution in [1.82, 2.24) is 9.88 Å². The predicted octanol–water partition coefficient (Wildman–Crippen LogP) is 3.22. The van der Waals surface area contributed by atoms with Crippen LogP contribution in [-0.4, -0.2) is 41.6 Å². The molecule has 2 atom stereocenters. The summed E-state index contributed by atoms with van der Waals surface area (Å²) in [6.45, 7) is 8.06. The fourth-order valence-corrected chi connectivity index (χ4v) is 3.57. The first-order valence-electron chi connectivity index (χ1n) is 7.28. The van der Waals surface area contributed by atoms with Crippen molar-refractivity contribution in [3.63, 3.8) is 0 Å². The average Bonchev–Trinajstić information content (AvgIpc) is 2.41. The Morgan fingerprint density at radius 2 is 2.16 bits per heavy atom. The lowest BCUT2D eigenvalue weighted by Gasteiger charge is -2.48. The van der Waals surface area contributed by atoms with E-state index in [1.807, 2.05) is 6.20 Å². The van der Waals surface area contributed by atoms with Crippen molar-refractivity contribution < 1.29 is 0 Å². The van der Waals surface area contributed by atoms with E-state index in [0.717, 1.165) is 22.9 Å². The second kappa shape index (κ2) is 5.41. The van der Waals surface area contributed by atoms with Gasteiger partial charge in [0.2, 0.25) is 0 Å². The number of fused-ring (bicyclic) bond motifs is 1. The molecule has 19 heavy (non-hydrogen) atoms. The van der Waals surface area contributed by atoms with Gasteiger partial charge in [0.1, 0.15) is 5.82 Å². The number of piperazine rings is 1. The molecule has 0 aromatic carbocycles. The summed E-state index contributed by atoms with van der Waals surface area (Å²) in [6, 6.07) is 3.50. The molecule has 0 radical (unpaired) electrons. The van der Waals surface area contributed by atoms with E-state index in [2.05, 4.69) is 50.6 Å². The summed E-state index contributed by atoms with van der Waals surface area (Å²) in [6.07, 6.45) is 6.04. The van der Waals surface area contributed by atoms with Crippen molar-refractivity contribution in [2.24, 2.45) is 0 Å². The molecule has 2 aliphatic rings. The lowest BCUT2D eigenvalue weighted by molar-refractivity contribution is 0.115. The molecule has 104 valence electrons. The lowest BCUT2D eigenvalue weighted by atomic mass is 9.97.